The van der Waals surface area contributed by atoms with Crippen LogP contribution in [0, 0.1) is 5.41 Å². The van der Waals surface area contributed by atoms with Crippen LogP contribution in [0.25, 0.3) is 11.0 Å². The van der Waals surface area contributed by atoms with E-state index in [9.17, 15) is 5.11 Å². The number of aromatic nitrogens is 2. The molecule has 4 nitrogen and oxygen atoms in total. The Bertz CT molecular complexity index is 555. The van der Waals surface area contributed by atoms with E-state index in [4.69, 9.17) is 5.73 Å². The van der Waals surface area contributed by atoms with Crippen LogP contribution >= 0.6 is 0 Å². The average molecular weight is 245 g/mol. The number of imidazole rings is 1. The second-order valence-corrected chi connectivity index (χ2v) is 5.49. The van der Waals surface area contributed by atoms with Crippen molar-refractivity contribution in [3.8, 4) is 0 Å². The van der Waals surface area contributed by atoms with Gasteiger partial charge in [0.15, 0.2) is 0 Å². The van der Waals surface area contributed by atoms with Gasteiger partial charge >= 0.3 is 0 Å². The Hall–Kier alpha value is -1.55. The molecule has 0 saturated heterocycles. The van der Waals surface area contributed by atoms with Crippen LogP contribution in [0.2, 0.25) is 0 Å². The van der Waals surface area contributed by atoms with Crippen molar-refractivity contribution in [2.75, 3.05) is 12.3 Å². The highest BCUT2D eigenvalue weighted by Gasteiger charge is 2.33. The van der Waals surface area contributed by atoms with Gasteiger partial charge in [0.2, 0.25) is 0 Å². The fraction of sp³-hybridized carbons (Fsp3) is 0.500. The fourth-order valence-electron chi connectivity index (χ4n) is 3.06. The van der Waals surface area contributed by atoms with Crippen molar-refractivity contribution in [2.45, 2.75) is 32.2 Å². The number of fused-ring (bicyclic) bond motifs is 1. The van der Waals surface area contributed by atoms with Crippen molar-refractivity contribution < 1.29 is 5.11 Å². The van der Waals surface area contributed by atoms with E-state index in [1.54, 1.807) is 0 Å². The maximum atomic E-state index is 9.68. The molecule has 0 aliphatic heterocycles. The molecule has 1 aromatic heterocycles. The number of nitrogens with zero attached hydrogens (tertiary/aromatic N) is 2. The molecule has 1 aliphatic rings. The third kappa shape index (κ3) is 1.86. The Kier molecular flexibility index (Phi) is 2.74. The normalized spacial score (nSPS) is 18.5. The molecule has 2 aromatic rings. The fourth-order valence-corrected chi connectivity index (χ4v) is 3.06. The molecule has 18 heavy (non-hydrogen) atoms. The number of nitrogens with two attached hydrogens (primary N) is 1. The van der Waals surface area contributed by atoms with Crippen LogP contribution in [0.4, 0.5) is 5.69 Å². The van der Waals surface area contributed by atoms with Gasteiger partial charge in [0.1, 0.15) is 0 Å². The monoisotopic (exact) mass is 245 g/mol. The maximum absolute atomic E-state index is 9.68. The lowest BCUT2D eigenvalue weighted by Crippen LogP contribution is -2.27. The molecule has 0 amide bonds. The number of aliphatic hydroxyl groups is 1. The zero-order valence-corrected chi connectivity index (χ0v) is 10.5. The van der Waals surface area contributed by atoms with Crippen molar-refractivity contribution in [3.05, 3.63) is 24.5 Å². The van der Waals surface area contributed by atoms with Crippen molar-refractivity contribution in [1.29, 1.82) is 0 Å². The predicted octanol–water partition coefficient (Wildman–Crippen LogP) is 2.17. The first-order valence-corrected chi connectivity index (χ1v) is 6.54. The van der Waals surface area contributed by atoms with Crippen LogP contribution in [0.1, 0.15) is 25.7 Å². The lowest BCUT2D eigenvalue weighted by Gasteiger charge is -2.27. The number of hydrogen-bond acceptors (Lipinski definition) is 3. The standard InChI is InChI=1S/C14H19N3O/c15-11-3-4-13-12(7-11)16-10-17(13)8-14(9-18)5-1-2-6-14/h3-4,7,10,18H,1-2,5-6,8-9,15H2. The SMILES string of the molecule is Nc1ccc2c(c1)ncn2CC1(CO)CCCC1. The third-order valence-electron chi connectivity index (χ3n) is 4.15. The van der Waals surface area contributed by atoms with Crippen LogP contribution in [0.5, 0.6) is 0 Å². The predicted molar refractivity (Wildman–Crippen MR) is 72.1 cm³/mol. The highest BCUT2D eigenvalue weighted by Crippen LogP contribution is 2.39. The van der Waals surface area contributed by atoms with E-state index >= 15 is 0 Å². The molecule has 96 valence electrons. The van der Waals surface area contributed by atoms with Crippen LogP contribution < -0.4 is 5.73 Å². The van der Waals surface area contributed by atoms with Crippen molar-refractivity contribution in [3.63, 3.8) is 0 Å². The number of rotatable bonds is 3. The lowest BCUT2D eigenvalue weighted by atomic mass is 9.87. The largest absolute Gasteiger partial charge is 0.399 e. The molecule has 1 heterocycles. The van der Waals surface area contributed by atoms with Gasteiger partial charge in [-0.05, 0) is 31.0 Å². The smallest absolute Gasteiger partial charge is 0.0958 e. The summed E-state index contributed by atoms with van der Waals surface area (Å²) in [6.07, 6.45) is 6.52. The second-order valence-electron chi connectivity index (χ2n) is 5.49. The van der Waals surface area contributed by atoms with Gasteiger partial charge in [-0.25, -0.2) is 4.98 Å². The molecule has 1 aromatic carbocycles. The van der Waals surface area contributed by atoms with Gasteiger partial charge in [-0.2, -0.15) is 0 Å². The number of benzene rings is 1. The average Bonchev–Trinajstić information content (AvgIpc) is 2.98. The molecule has 3 rings (SSSR count). The van der Waals surface area contributed by atoms with Crippen LogP contribution in [-0.4, -0.2) is 21.3 Å². The Balaban J connectivity index is 1.95. The summed E-state index contributed by atoms with van der Waals surface area (Å²) in [6, 6.07) is 5.81. The van der Waals surface area contributed by atoms with Gasteiger partial charge in [0.05, 0.1) is 24.0 Å². The zero-order valence-electron chi connectivity index (χ0n) is 10.5. The van der Waals surface area contributed by atoms with Crippen molar-refractivity contribution in [2.24, 2.45) is 5.41 Å². The van der Waals surface area contributed by atoms with Gasteiger partial charge in [0.25, 0.3) is 0 Å². The second kappa shape index (κ2) is 4.28. The molecule has 1 saturated carbocycles. The Morgan fingerprint density at radius 2 is 2.11 bits per heavy atom. The molecule has 1 aliphatic carbocycles. The quantitative estimate of drug-likeness (QED) is 0.815. The number of hydrogen-bond donors (Lipinski definition) is 2. The first-order chi connectivity index (χ1) is 8.72. The Morgan fingerprint density at radius 3 is 2.83 bits per heavy atom. The Morgan fingerprint density at radius 1 is 1.33 bits per heavy atom. The summed E-state index contributed by atoms with van der Waals surface area (Å²) in [6.45, 7) is 1.12. The summed E-state index contributed by atoms with van der Waals surface area (Å²) in [4.78, 5) is 4.39. The van der Waals surface area contributed by atoms with E-state index < -0.39 is 0 Å². The van der Waals surface area contributed by atoms with E-state index in [0.717, 1.165) is 36.1 Å². The van der Waals surface area contributed by atoms with Gasteiger partial charge in [-0.1, -0.05) is 12.8 Å². The number of anilines is 1. The van der Waals surface area contributed by atoms with E-state index in [2.05, 4.69) is 9.55 Å². The molecule has 3 N–H and O–H groups in total. The van der Waals surface area contributed by atoms with Crippen LogP contribution in [0.3, 0.4) is 0 Å². The van der Waals surface area contributed by atoms with E-state index in [-0.39, 0.29) is 12.0 Å². The summed E-state index contributed by atoms with van der Waals surface area (Å²) < 4.78 is 2.15. The zero-order chi connectivity index (χ0) is 12.6. The molecule has 0 spiro atoms. The molecule has 0 radical (unpaired) electrons. The molecular weight excluding hydrogens is 226 g/mol. The van der Waals surface area contributed by atoms with Gasteiger partial charge in [-0.15, -0.1) is 0 Å². The highest BCUT2D eigenvalue weighted by atomic mass is 16.3. The molecule has 0 unspecified atom stereocenters. The molecular formula is C14H19N3O. The first kappa shape index (κ1) is 11.5. The topological polar surface area (TPSA) is 64.1 Å². The van der Waals surface area contributed by atoms with Gasteiger partial charge < -0.3 is 15.4 Å². The first-order valence-electron chi connectivity index (χ1n) is 6.54. The van der Waals surface area contributed by atoms with Gasteiger partial charge in [-0.3, -0.25) is 0 Å². The maximum Gasteiger partial charge on any atom is 0.0958 e. The summed E-state index contributed by atoms with van der Waals surface area (Å²) >= 11 is 0. The summed E-state index contributed by atoms with van der Waals surface area (Å²) in [7, 11) is 0. The van der Waals surface area contributed by atoms with Crippen LogP contribution in [0.15, 0.2) is 24.5 Å². The summed E-state index contributed by atoms with van der Waals surface area (Å²) in [5.41, 5.74) is 8.58. The number of nitrogen functional groups attached to an aromatic ring is 1. The minimum absolute atomic E-state index is 0.0506. The minimum atomic E-state index is 0.0506. The summed E-state index contributed by atoms with van der Waals surface area (Å²) in [5, 5.41) is 9.68. The van der Waals surface area contributed by atoms with E-state index in [0.29, 0.717) is 0 Å². The highest BCUT2D eigenvalue weighted by molar-refractivity contribution is 5.78. The Labute approximate surface area is 106 Å². The van der Waals surface area contributed by atoms with E-state index in [1.807, 2.05) is 24.5 Å². The third-order valence-corrected chi connectivity index (χ3v) is 4.15. The lowest BCUT2D eigenvalue weighted by molar-refractivity contribution is 0.112. The van der Waals surface area contributed by atoms with E-state index in [1.165, 1.54) is 12.8 Å². The number of aliphatic hydroxyl groups excluding tert-OH is 1. The molecule has 0 bridgehead atoms. The minimum Gasteiger partial charge on any atom is -0.399 e. The van der Waals surface area contributed by atoms with Crippen LogP contribution in [-0.2, 0) is 6.54 Å². The molecule has 4 heteroatoms. The van der Waals surface area contributed by atoms with Crippen molar-refractivity contribution >= 4 is 16.7 Å². The molecule has 1 fully saturated rings. The van der Waals surface area contributed by atoms with Gasteiger partial charge in [0, 0.05) is 17.6 Å². The van der Waals surface area contributed by atoms with Crippen molar-refractivity contribution in [1.82, 2.24) is 9.55 Å². The molecule has 0 atom stereocenters. The summed E-state index contributed by atoms with van der Waals surface area (Å²) in [5.74, 6) is 0.